The third-order valence-electron chi connectivity index (χ3n) is 5.03. The van der Waals surface area contributed by atoms with E-state index in [1.807, 2.05) is 0 Å². The molecule has 28 heavy (non-hydrogen) atoms. The van der Waals surface area contributed by atoms with Crippen molar-refractivity contribution in [2.45, 2.75) is 44.2 Å². The van der Waals surface area contributed by atoms with Crippen LogP contribution in [0.4, 0.5) is 10.5 Å². The molecule has 4 amide bonds. The highest BCUT2D eigenvalue weighted by Gasteiger charge is 2.52. The predicted molar refractivity (Wildman–Crippen MR) is 98.6 cm³/mol. The number of nitrogens with zero attached hydrogens (tertiary/aromatic N) is 1. The van der Waals surface area contributed by atoms with Crippen LogP contribution in [0.5, 0.6) is 5.75 Å². The molecule has 2 N–H and O–H groups in total. The van der Waals surface area contributed by atoms with Crippen LogP contribution in [0.2, 0.25) is 0 Å². The average Bonchev–Trinajstić information content (AvgIpc) is 3.23. The summed E-state index contributed by atoms with van der Waals surface area (Å²) in [5, 5.41) is 5.31. The Morgan fingerprint density at radius 2 is 1.86 bits per heavy atom. The number of anilines is 1. The summed E-state index contributed by atoms with van der Waals surface area (Å²) in [6.45, 7) is 0.896. The van der Waals surface area contributed by atoms with Crippen molar-refractivity contribution in [1.82, 2.24) is 10.2 Å². The second kappa shape index (κ2) is 7.87. The number of imide groups is 1. The molecule has 1 saturated carbocycles. The van der Waals surface area contributed by atoms with Gasteiger partial charge in [-0.05, 0) is 44.0 Å². The van der Waals surface area contributed by atoms with Gasteiger partial charge in [0.05, 0.1) is 7.11 Å². The molecule has 0 unspecified atom stereocenters. The highest BCUT2D eigenvalue weighted by Crippen LogP contribution is 2.34. The van der Waals surface area contributed by atoms with Crippen molar-refractivity contribution in [1.29, 1.82) is 0 Å². The van der Waals surface area contributed by atoms with Crippen molar-refractivity contribution in [2.24, 2.45) is 0 Å². The summed E-state index contributed by atoms with van der Waals surface area (Å²) in [6.07, 6.45) is 1.77. The zero-order valence-corrected chi connectivity index (χ0v) is 15.8. The fourth-order valence-electron chi connectivity index (χ4n) is 3.47. The third kappa shape index (κ3) is 3.92. The van der Waals surface area contributed by atoms with E-state index in [9.17, 15) is 19.2 Å². The average molecular weight is 389 g/mol. The molecule has 0 aromatic heterocycles. The fraction of sp³-hybridized carbons (Fsp3) is 0.474. The lowest BCUT2D eigenvalue weighted by Gasteiger charge is -2.20. The van der Waals surface area contributed by atoms with E-state index >= 15 is 0 Å². The zero-order valence-electron chi connectivity index (χ0n) is 15.8. The van der Waals surface area contributed by atoms with Gasteiger partial charge in [0.15, 0.2) is 6.10 Å². The Labute approximate surface area is 162 Å². The van der Waals surface area contributed by atoms with Gasteiger partial charge in [-0.2, -0.15) is 0 Å². The molecule has 1 heterocycles. The first-order valence-electron chi connectivity index (χ1n) is 9.13. The van der Waals surface area contributed by atoms with Gasteiger partial charge in [-0.25, -0.2) is 4.79 Å². The molecule has 2 aliphatic rings. The number of hydrogen-bond donors (Lipinski definition) is 2. The molecule has 150 valence electrons. The summed E-state index contributed by atoms with van der Waals surface area (Å²) < 4.78 is 10.1. The molecule has 9 nitrogen and oxygen atoms in total. The van der Waals surface area contributed by atoms with E-state index in [1.165, 1.54) is 14.0 Å². The van der Waals surface area contributed by atoms with Crippen LogP contribution in [0, 0.1) is 0 Å². The normalized spacial score (nSPS) is 18.7. The highest BCUT2D eigenvalue weighted by molar-refractivity contribution is 6.09. The van der Waals surface area contributed by atoms with E-state index in [2.05, 4.69) is 10.6 Å². The fourth-order valence-corrected chi connectivity index (χ4v) is 3.47. The SMILES string of the molecule is COc1ccc(NC(=O)[C@@H](C)OC(=O)CN2C(=O)NC3(CCCC3)C2=O)cc1. The first-order valence-corrected chi connectivity index (χ1v) is 9.13. The lowest BCUT2D eigenvalue weighted by Crippen LogP contribution is -2.44. The Balaban J connectivity index is 1.53. The summed E-state index contributed by atoms with van der Waals surface area (Å²) in [6, 6.07) is 6.07. The van der Waals surface area contributed by atoms with Crippen LogP contribution in [-0.4, -0.2) is 54.0 Å². The molecular weight excluding hydrogens is 366 g/mol. The van der Waals surface area contributed by atoms with Crippen LogP contribution in [-0.2, 0) is 19.1 Å². The molecule has 1 spiro atoms. The molecule has 1 aromatic carbocycles. The maximum atomic E-state index is 12.5. The molecule has 1 saturated heterocycles. The van der Waals surface area contributed by atoms with Gasteiger partial charge in [0.2, 0.25) is 0 Å². The van der Waals surface area contributed by atoms with E-state index in [-0.39, 0.29) is 0 Å². The molecule has 0 bridgehead atoms. The second-order valence-corrected chi connectivity index (χ2v) is 6.96. The molecule has 1 atom stereocenters. The monoisotopic (exact) mass is 389 g/mol. The third-order valence-corrected chi connectivity index (χ3v) is 5.03. The summed E-state index contributed by atoms with van der Waals surface area (Å²) in [4.78, 5) is 49.8. The number of esters is 1. The Morgan fingerprint density at radius 3 is 2.46 bits per heavy atom. The minimum atomic E-state index is -1.09. The van der Waals surface area contributed by atoms with Crippen LogP contribution in [0.1, 0.15) is 32.6 Å². The number of rotatable bonds is 6. The van der Waals surface area contributed by atoms with E-state index < -0.39 is 42.0 Å². The summed E-state index contributed by atoms with van der Waals surface area (Å²) in [5.41, 5.74) is -0.361. The van der Waals surface area contributed by atoms with Gasteiger partial charge in [0.25, 0.3) is 11.8 Å². The standard InChI is InChI=1S/C19H23N3O6/c1-12(16(24)20-13-5-7-14(27-2)8-6-13)28-15(23)11-22-17(25)19(21-18(22)26)9-3-4-10-19/h5-8,12H,3-4,9-11H2,1-2H3,(H,20,24)(H,21,26)/t12-/m1/s1. The van der Waals surface area contributed by atoms with Crippen molar-refractivity contribution in [3.63, 3.8) is 0 Å². The Kier molecular flexibility index (Phi) is 5.53. The maximum absolute atomic E-state index is 12.5. The first-order chi connectivity index (χ1) is 13.3. The first kappa shape index (κ1) is 19.7. The van der Waals surface area contributed by atoms with E-state index in [0.29, 0.717) is 24.3 Å². The summed E-state index contributed by atoms with van der Waals surface area (Å²) in [5.74, 6) is -1.10. The minimum Gasteiger partial charge on any atom is -0.497 e. The van der Waals surface area contributed by atoms with Gasteiger partial charge in [-0.15, -0.1) is 0 Å². The minimum absolute atomic E-state index is 0.401. The van der Waals surface area contributed by atoms with Crippen molar-refractivity contribution < 1.29 is 28.7 Å². The van der Waals surface area contributed by atoms with Gasteiger partial charge >= 0.3 is 12.0 Å². The number of benzene rings is 1. The molecule has 1 aromatic rings. The number of methoxy groups -OCH3 is 1. The zero-order chi connectivity index (χ0) is 20.3. The molecule has 1 aliphatic heterocycles. The lowest BCUT2D eigenvalue weighted by molar-refractivity contribution is -0.155. The Bertz CT molecular complexity index is 785. The van der Waals surface area contributed by atoms with Crippen LogP contribution in [0.15, 0.2) is 24.3 Å². The maximum Gasteiger partial charge on any atom is 0.327 e. The number of amides is 4. The van der Waals surface area contributed by atoms with E-state index in [1.54, 1.807) is 24.3 Å². The lowest BCUT2D eigenvalue weighted by atomic mass is 9.98. The van der Waals surface area contributed by atoms with Gasteiger partial charge in [0.1, 0.15) is 17.8 Å². The number of carbonyl (C=O) groups is 4. The number of ether oxygens (including phenoxy) is 2. The number of urea groups is 1. The van der Waals surface area contributed by atoms with Crippen molar-refractivity contribution in [2.75, 3.05) is 19.0 Å². The van der Waals surface area contributed by atoms with E-state index in [4.69, 9.17) is 9.47 Å². The molecule has 9 heteroatoms. The van der Waals surface area contributed by atoms with Crippen LogP contribution in [0.3, 0.4) is 0 Å². The quantitative estimate of drug-likeness (QED) is 0.562. The van der Waals surface area contributed by atoms with Crippen LogP contribution < -0.4 is 15.4 Å². The largest absolute Gasteiger partial charge is 0.497 e. The number of nitrogens with one attached hydrogen (secondary N) is 2. The predicted octanol–water partition coefficient (Wildman–Crippen LogP) is 1.43. The van der Waals surface area contributed by atoms with E-state index in [0.717, 1.165) is 17.7 Å². The van der Waals surface area contributed by atoms with Crippen molar-refractivity contribution in [3.8, 4) is 5.75 Å². The number of carbonyl (C=O) groups excluding carboxylic acids is 4. The van der Waals surface area contributed by atoms with Crippen molar-refractivity contribution in [3.05, 3.63) is 24.3 Å². The Hall–Kier alpha value is -3.10. The topological polar surface area (TPSA) is 114 Å². The van der Waals surface area contributed by atoms with Crippen LogP contribution in [0.25, 0.3) is 0 Å². The van der Waals surface area contributed by atoms with Crippen molar-refractivity contribution >= 4 is 29.5 Å². The molecule has 0 radical (unpaired) electrons. The number of hydrogen-bond acceptors (Lipinski definition) is 6. The molecule has 3 rings (SSSR count). The second-order valence-electron chi connectivity index (χ2n) is 6.96. The van der Waals surface area contributed by atoms with Gasteiger partial charge in [-0.3, -0.25) is 19.3 Å². The highest BCUT2D eigenvalue weighted by atomic mass is 16.5. The van der Waals surface area contributed by atoms with Gasteiger partial charge in [-0.1, -0.05) is 12.8 Å². The Morgan fingerprint density at radius 1 is 1.21 bits per heavy atom. The van der Waals surface area contributed by atoms with Crippen LogP contribution >= 0.6 is 0 Å². The summed E-state index contributed by atoms with van der Waals surface area (Å²) >= 11 is 0. The van der Waals surface area contributed by atoms with Gasteiger partial charge in [0, 0.05) is 5.69 Å². The molecule has 1 aliphatic carbocycles. The van der Waals surface area contributed by atoms with Gasteiger partial charge < -0.3 is 20.1 Å². The smallest absolute Gasteiger partial charge is 0.327 e. The molecular formula is C19H23N3O6. The molecule has 2 fully saturated rings. The summed E-state index contributed by atoms with van der Waals surface area (Å²) in [7, 11) is 1.54.